The van der Waals surface area contributed by atoms with Crippen LogP contribution in [-0.4, -0.2) is 4.98 Å². The lowest BCUT2D eigenvalue weighted by Crippen LogP contribution is -2.01. The van der Waals surface area contributed by atoms with E-state index in [2.05, 4.69) is 10.3 Å². The van der Waals surface area contributed by atoms with Gasteiger partial charge in [0, 0.05) is 40.5 Å². The summed E-state index contributed by atoms with van der Waals surface area (Å²) in [7, 11) is 0. The van der Waals surface area contributed by atoms with Crippen LogP contribution in [0.25, 0.3) is 0 Å². The maximum atomic E-state index is 11.3. The number of ether oxygens (including phenoxy) is 1. The minimum atomic E-state index is 0.490. The molecule has 0 radical (unpaired) electrons. The molecule has 0 saturated heterocycles. The number of rotatable bonds is 6. The Bertz CT molecular complexity index is 780. The smallest absolute Gasteiger partial charge is 0.457 e. The Kier molecular flexibility index (Phi) is 4.91. The highest BCUT2D eigenvalue weighted by Crippen LogP contribution is 2.24. The zero-order valence-corrected chi connectivity index (χ0v) is 13.1. The van der Waals surface area contributed by atoms with Gasteiger partial charge in [0.1, 0.15) is 11.5 Å². The molecule has 3 aromatic rings. The highest BCUT2D eigenvalue weighted by Gasteiger charge is 2.15. The summed E-state index contributed by atoms with van der Waals surface area (Å²) in [5, 5.41) is 3.31. The standard InChI is InChI=1S/C18H15N2O2S/c21-23-18-7-6-17(22-16-8-10-19-11-9-16)12-14(18)13-20-15-4-2-1-3-5-15/h1-12,20H,13H2/q+1. The first-order valence-electron chi connectivity index (χ1n) is 7.15. The summed E-state index contributed by atoms with van der Waals surface area (Å²) in [6, 6.07) is 18.9. The molecule has 0 fully saturated rings. The van der Waals surface area contributed by atoms with Crippen LogP contribution in [0.1, 0.15) is 5.56 Å². The second kappa shape index (κ2) is 7.47. The van der Waals surface area contributed by atoms with Gasteiger partial charge >= 0.3 is 11.7 Å². The van der Waals surface area contributed by atoms with E-state index in [1.165, 1.54) is 0 Å². The molecule has 23 heavy (non-hydrogen) atoms. The zero-order valence-electron chi connectivity index (χ0n) is 12.3. The van der Waals surface area contributed by atoms with Crippen molar-refractivity contribution in [3.8, 4) is 11.5 Å². The van der Waals surface area contributed by atoms with E-state index >= 15 is 0 Å². The number of pyridine rings is 1. The summed E-state index contributed by atoms with van der Waals surface area (Å²) in [6.45, 7) is 0.558. The Morgan fingerprint density at radius 1 is 0.957 bits per heavy atom. The predicted molar refractivity (Wildman–Crippen MR) is 90.8 cm³/mol. The van der Waals surface area contributed by atoms with Gasteiger partial charge in [0.25, 0.3) is 4.90 Å². The van der Waals surface area contributed by atoms with E-state index in [0.717, 1.165) is 11.3 Å². The van der Waals surface area contributed by atoms with Gasteiger partial charge in [-0.2, -0.15) is 0 Å². The van der Waals surface area contributed by atoms with Crippen LogP contribution >= 0.6 is 0 Å². The molecular formula is C18H15N2O2S+. The highest BCUT2D eigenvalue weighted by molar-refractivity contribution is 7.65. The van der Waals surface area contributed by atoms with Crippen LogP contribution < -0.4 is 10.1 Å². The molecule has 3 rings (SSSR count). The van der Waals surface area contributed by atoms with Crippen molar-refractivity contribution in [3.05, 3.63) is 78.6 Å². The van der Waals surface area contributed by atoms with Crippen molar-refractivity contribution in [1.82, 2.24) is 4.98 Å². The van der Waals surface area contributed by atoms with Crippen LogP contribution in [0.3, 0.4) is 0 Å². The van der Waals surface area contributed by atoms with Crippen molar-refractivity contribution in [2.75, 3.05) is 5.32 Å². The molecule has 2 aromatic carbocycles. The van der Waals surface area contributed by atoms with Gasteiger partial charge in [0.05, 0.1) is 0 Å². The fraction of sp³-hybridized carbons (Fsp3) is 0.0556. The molecule has 5 heteroatoms. The molecule has 0 saturated carbocycles. The fourth-order valence-electron chi connectivity index (χ4n) is 2.13. The first-order valence-corrected chi connectivity index (χ1v) is 7.89. The first-order chi connectivity index (χ1) is 11.3. The summed E-state index contributed by atoms with van der Waals surface area (Å²) in [5.41, 5.74) is 1.91. The molecule has 0 spiro atoms. The van der Waals surface area contributed by atoms with Gasteiger partial charge in [0.15, 0.2) is 0 Å². The Morgan fingerprint density at radius 2 is 1.74 bits per heavy atom. The molecule has 0 unspecified atom stereocenters. The molecule has 1 aromatic heterocycles. The first kappa shape index (κ1) is 15.1. The SMILES string of the molecule is O=[S+]c1ccc(Oc2ccncc2)cc1CNc1ccccc1. The summed E-state index contributed by atoms with van der Waals surface area (Å²) < 4.78 is 17.1. The summed E-state index contributed by atoms with van der Waals surface area (Å²) >= 11 is 0.490. The molecule has 0 aliphatic heterocycles. The van der Waals surface area contributed by atoms with Crippen LogP contribution in [0.2, 0.25) is 0 Å². The highest BCUT2D eigenvalue weighted by atomic mass is 32.1. The zero-order chi connectivity index (χ0) is 15.9. The molecule has 0 amide bonds. The molecule has 0 atom stereocenters. The van der Waals surface area contributed by atoms with Crippen LogP contribution in [0.15, 0.2) is 78.0 Å². The van der Waals surface area contributed by atoms with Gasteiger partial charge in [-0.05, 0) is 36.4 Å². The van der Waals surface area contributed by atoms with Crippen molar-refractivity contribution >= 4 is 17.4 Å². The van der Waals surface area contributed by atoms with E-state index in [4.69, 9.17) is 4.74 Å². The average molecular weight is 323 g/mol. The van der Waals surface area contributed by atoms with Gasteiger partial charge < -0.3 is 10.1 Å². The molecule has 4 nitrogen and oxygen atoms in total. The molecule has 1 N–H and O–H groups in total. The maximum absolute atomic E-state index is 11.3. The molecule has 0 aliphatic rings. The normalized spacial score (nSPS) is 10.1. The second-order valence-corrected chi connectivity index (χ2v) is 5.46. The number of nitrogens with one attached hydrogen (secondary N) is 1. The lowest BCUT2D eigenvalue weighted by Gasteiger charge is -2.08. The van der Waals surface area contributed by atoms with Gasteiger partial charge in [0.2, 0.25) is 0 Å². The van der Waals surface area contributed by atoms with Gasteiger partial charge in [-0.1, -0.05) is 18.2 Å². The number of hydrogen-bond acceptors (Lipinski definition) is 4. The van der Waals surface area contributed by atoms with Gasteiger partial charge in [-0.3, -0.25) is 4.98 Å². The molecule has 1 heterocycles. The van der Waals surface area contributed by atoms with Crippen LogP contribution in [0, 0.1) is 0 Å². The predicted octanol–water partition coefficient (Wildman–Crippen LogP) is 4.27. The van der Waals surface area contributed by atoms with Crippen molar-refractivity contribution < 1.29 is 8.95 Å². The summed E-state index contributed by atoms with van der Waals surface area (Å²) in [6.07, 6.45) is 3.35. The van der Waals surface area contributed by atoms with Crippen molar-refractivity contribution in [1.29, 1.82) is 0 Å². The van der Waals surface area contributed by atoms with E-state index in [9.17, 15) is 4.21 Å². The Hall–Kier alpha value is -2.79. The molecular weight excluding hydrogens is 308 g/mol. The maximum Gasteiger partial charge on any atom is 0.505 e. The third kappa shape index (κ3) is 4.11. The van der Waals surface area contributed by atoms with Crippen molar-refractivity contribution in [2.45, 2.75) is 11.4 Å². The largest absolute Gasteiger partial charge is 0.505 e. The number of para-hydroxylation sites is 1. The Labute approximate surface area is 138 Å². The number of hydrogen-bond donors (Lipinski definition) is 1. The number of benzene rings is 2. The van der Waals surface area contributed by atoms with E-state index in [0.29, 0.717) is 34.6 Å². The lowest BCUT2D eigenvalue weighted by atomic mass is 10.2. The van der Waals surface area contributed by atoms with Gasteiger partial charge in [-0.25, -0.2) is 0 Å². The van der Waals surface area contributed by atoms with E-state index in [1.54, 1.807) is 36.7 Å². The van der Waals surface area contributed by atoms with E-state index in [-0.39, 0.29) is 0 Å². The third-order valence-corrected chi connectivity index (χ3v) is 3.84. The second-order valence-electron chi connectivity index (χ2n) is 4.86. The quantitative estimate of drug-likeness (QED) is 0.688. The average Bonchev–Trinajstić information content (AvgIpc) is 2.62. The molecule has 0 bridgehead atoms. The van der Waals surface area contributed by atoms with Crippen LogP contribution in [-0.2, 0) is 22.4 Å². The lowest BCUT2D eigenvalue weighted by molar-refractivity contribution is 0.480. The number of anilines is 1. The van der Waals surface area contributed by atoms with Crippen LogP contribution in [0.5, 0.6) is 11.5 Å². The topological polar surface area (TPSA) is 51.2 Å². The van der Waals surface area contributed by atoms with E-state index < -0.39 is 0 Å². The summed E-state index contributed by atoms with van der Waals surface area (Å²) in [5.74, 6) is 1.41. The summed E-state index contributed by atoms with van der Waals surface area (Å²) in [4.78, 5) is 4.65. The van der Waals surface area contributed by atoms with Crippen molar-refractivity contribution in [3.63, 3.8) is 0 Å². The third-order valence-electron chi connectivity index (χ3n) is 3.26. The molecule has 0 aliphatic carbocycles. The Morgan fingerprint density at radius 3 is 2.48 bits per heavy atom. The number of aromatic nitrogens is 1. The fourth-order valence-corrected chi connectivity index (χ4v) is 2.50. The van der Waals surface area contributed by atoms with Gasteiger partial charge in [-0.15, -0.1) is 0 Å². The van der Waals surface area contributed by atoms with Crippen LogP contribution in [0.4, 0.5) is 5.69 Å². The minimum Gasteiger partial charge on any atom is -0.457 e. The molecule has 114 valence electrons. The number of nitrogens with zero attached hydrogens (tertiary/aromatic N) is 1. The monoisotopic (exact) mass is 323 g/mol. The minimum absolute atomic E-state index is 0.490. The van der Waals surface area contributed by atoms with Crippen molar-refractivity contribution in [2.24, 2.45) is 0 Å². The van der Waals surface area contributed by atoms with E-state index in [1.807, 2.05) is 36.4 Å². The Balaban J connectivity index is 1.77.